The molecule has 26 heavy (non-hydrogen) atoms. The van der Waals surface area contributed by atoms with Crippen molar-refractivity contribution in [2.24, 2.45) is 0 Å². The number of nitrogens with zero attached hydrogens (tertiary/aromatic N) is 1. The van der Waals surface area contributed by atoms with Crippen LogP contribution in [0.1, 0.15) is 11.1 Å². The predicted molar refractivity (Wildman–Crippen MR) is 102 cm³/mol. The highest BCUT2D eigenvalue weighted by Gasteiger charge is 2.07. The van der Waals surface area contributed by atoms with Crippen molar-refractivity contribution in [3.8, 4) is 5.75 Å². The molecule has 0 unspecified atom stereocenters. The second-order valence-electron chi connectivity index (χ2n) is 6.10. The number of fused-ring (bicyclic) bond motifs is 1. The van der Waals surface area contributed by atoms with Gasteiger partial charge in [0.15, 0.2) is 0 Å². The third-order valence-electron chi connectivity index (χ3n) is 4.22. The van der Waals surface area contributed by atoms with Crippen LogP contribution in [0.5, 0.6) is 5.75 Å². The Balaban J connectivity index is 1.70. The molecule has 0 bridgehead atoms. The largest absolute Gasteiger partial charge is 0.497 e. The quantitative estimate of drug-likeness (QED) is 0.627. The summed E-state index contributed by atoms with van der Waals surface area (Å²) < 4.78 is 18.8. The molecule has 0 radical (unpaired) electrons. The van der Waals surface area contributed by atoms with E-state index < -0.39 is 0 Å². The van der Waals surface area contributed by atoms with Crippen LogP contribution in [0.2, 0.25) is 0 Å². The standard InChI is InChI=1S/C22H20FNO2/c1-24(22(25)12-10-17-5-3-4-6-21(17)23)15-16-7-8-19-14-20(26-2)11-9-18(19)13-16/h3-14H,15H2,1-2H3/b12-10+. The van der Waals surface area contributed by atoms with Crippen molar-refractivity contribution in [1.29, 1.82) is 0 Å². The lowest BCUT2D eigenvalue weighted by molar-refractivity contribution is -0.125. The molecule has 0 saturated heterocycles. The number of halogens is 1. The van der Waals surface area contributed by atoms with E-state index in [4.69, 9.17) is 4.74 Å². The van der Waals surface area contributed by atoms with Gasteiger partial charge in [-0.05, 0) is 46.7 Å². The van der Waals surface area contributed by atoms with E-state index in [1.807, 2.05) is 30.3 Å². The van der Waals surface area contributed by atoms with E-state index in [1.165, 1.54) is 18.2 Å². The molecule has 3 aromatic rings. The Morgan fingerprint density at radius 2 is 1.81 bits per heavy atom. The summed E-state index contributed by atoms with van der Waals surface area (Å²) in [5.74, 6) is 0.295. The molecule has 0 spiro atoms. The molecule has 3 nitrogen and oxygen atoms in total. The Morgan fingerprint density at radius 3 is 2.58 bits per heavy atom. The fraction of sp³-hybridized carbons (Fsp3) is 0.136. The lowest BCUT2D eigenvalue weighted by Crippen LogP contribution is -2.24. The Labute approximate surface area is 152 Å². The summed E-state index contributed by atoms with van der Waals surface area (Å²) in [7, 11) is 3.37. The van der Waals surface area contributed by atoms with Crippen LogP contribution in [0.3, 0.4) is 0 Å². The van der Waals surface area contributed by atoms with Crippen LogP contribution in [0, 0.1) is 5.82 Å². The third-order valence-corrected chi connectivity index (χ3v) is 4.22. The Hall–Kier alpha value is -3.14. The number of carbonyl (C=O) groups is 1. The Kier molecular flexibility index (Phi) is 5.32. The molecule has 4 heteroatoms. The molecule has 0 atom stereocenters. The van der Waals surface area contributed by atoms with E-state index in [1.54, 1.807) is 37.3 Å². The van der Waals surface area contributed by atoms with Crippen molar-refractivity contribution in [2.75, 3.05) is 14.2 Å². The van der Waals surface area contributed by atoms with Gasteiger partial charge in [-0.3, -0.25) is 4.79 Å². The second-order valence-corrected chi connectivity index (χ2v) is 6.10. The SMILES string of the molecule is COc1ccc2cc(CN(C)C(=O)/C=C/c3ccccc3F)ccc2c1. The first-order valence-electron chi connectivity index (χ1n) is 8.31. The van der Waals surface area contributed by atoms with Crippen molar-refractivity contribution >= 4 is 22.8 Å². The average molecular weight is 349 g/mol. The fourth-order valence-electron chi connectivity index (χ4n) is 2.75. The molecule has 0 N–H and O–H groups in total. The van der Waals surface area contributed by atoms with Gasteiger partial charge in [0.05, 0.1) is 7.11 Å². The molecule has 1 amide bonds. The molecular formula is C22H20FNO2. The van der Waals surface area contributed by atoms with Gasteiger partial charge in [0, 0.05) is 25.2 Å². The normalized spacial score (nSPS) is 11.0. The first kappa shape index (κ1) is 17.7. The number of amides is 1. The zero-order valence-electron chi connectivity index (χ0n) is 14.8. The topological polar surface area (TPSA) is 29.5 Å². The second kappa shape index (κ2) is 7.83. The van der Waals surface area contributed by atoms with Crippen LogP contribution in [0.4, 0.5) is 4.39 Å². The van der Waals surface area contributed by atoms with Crippen molar-refractivity contribution < 1.29 is 13.9 Å². The lowest BCUT2D eigenvalue weighted by atomic mass is 10.1. The average Bonchev–Trinajstić information content (AvgIpc) is 2.66. The number of hydrogen-bond donors (Lipinski definition) is 0. The summed E-state index contributed by atoms with van der Waals surface area (Å²) in [6.45, 7) is 0.475. The fourth-order valence-corrected chi connectivity index (χ4v) is 2.75. The van der Waals surface area contributed by atoms with E-state index in [0.29, 0.717) is 12.1 Å². The maximum atomic E-state index is 13.6. The molecular weight excluding hydrogens is 329 g/mol. The minimum Gasteiger partial charge on any atom is -0.497 e. The van der Waals surface area contributed by atoms with Crippen LogP contribution in [-0.4, -0.2) is 25.0 Å². The number of likely N-dealkylation sites (N-methyl/N-ethyl adjacent to an activating group) is 1. The maximum absolute atomic E-state index is 13.6. The summed E-state index contributed by atoms with van der Waals surface area (Å²) in [6.07, 6.45) is 2.89. The van der Waals surface area contributed by atoms with Crippen LogP contribution in [-0.2, 0) is 11.3 Å². The molecule has 0 aliphatic carbocycles. The monoisotopic (exact) mass is 349 g/mol. The van der Waals surface area contributed by atoms with Gasteiger partial charge in [-0.1, -0.05) is 36.4 Å². The highest BCUT2D eigenvalue weighted by Crippen LogP contribution is 2.22. The van der Waals surface area contributed by atoms with Gasteiger partial charge in [0.1, 0.15) is 11.6 Å². The molecule has 0 heterocycles. The van der Waals surface area contributed by atoms with E-state index in [2.05, 4.69) is 6.07 Å². The highest BCUT2D eigenvalue weighted by atomic mass is 19.1. The minimum atomic E-state index is -0.343. The van der Waals surface area contributed by atoms with Crippen LogP contribution >= 0.6 is 0 Å². The minimum absolute atomic E-state index is 0.178. The Bertz CT molecular complexity index is 965. The number of hydrogen-bond acceptors (Lipinski definition) is 2. The molecule has 3 rings (SSSR count). The van der Waals surface area contributed by atoms with Gasteiger partial charge in [-0.25, -0.2) is 4.39 Å². The van der Waals surface area contributed by atoms with Crippen molar-refractivity contribution in [2.45, 2.75) is 6.54 Å². The van der Waals surface area contributed by atoms with Crippen LogP contribution in [0.25, 0.3) is 16.8 Å². The first-order valence-corrected chi connectivity index (χ1v) is 8.31. The van der Waals surface area contributed by atoms with Gasteiger partial charge in [0.25, 0.3) is 0 Å². The zero-order valence-corrected chi connectivity index (χ0v) is 14.8. The smallest absolute Gasteiger partial charge is 0.246 e. The van der Waals surface area contributed by atoms with E-state index in [9.17, 15) is 9.18 Å². The third kappa shape index (κ3) is 4.09. The predicted octanol–water partition coefficient (Wildman–Crippen LogP) is 4.66. The van der Waals surface area contributed by atoms with Crippen molar-refractivity contribution in [3.63, 3.8) is 0 Å². The molecule has 0 fully saturated rings. The highest BCUT2D eigenvalue weighted by molar-refractivity contribution is 5.91. The van der Waals surface area contributed by atoms with Gasteiger partial charge in [-0.2, -0.15) is 0 Å². The molecule has 3 aromatic carbocycles. The van der Waals surface area contributed by atoms with E-state index >= 15 is 0 Å². The van der Waals surface area contributed by atoms with Gasteiger partial charge in [0.2, 0.25) is 5.91 Å². The number of methoxy groups -OCH3 is 1. The summed E-state index contributed by atoms with van der Waals surface area (Å²) in [5.41, 5.74) is 1.42. The van der Waals surface area contributed by atoms with Crippen molar-refractivity contribution in [3.05, 3.63) is 83.7 Å². The van der Waals surface area contributed by atoms with Crippen LogP contribution < -0.4 is 4.74 Å². The molecule has 0 saturated carbocycles. The molecule has 0 aromatic heterocycles. The summed E-state index contributed by atoms with van der Waals surface area (Å²) >= 11 is 0. The van der Waals surface area contributed by atoms with Gasteiger partial charge >= 0.3 is 0 Å². The number of rotatable bonds is 5. The Morgan fingerprint density at radius 1 is 1.08 bits per heavy atom. The zero-order chi connectivity index (χ0) is 18.5. The maximum Gasteiger partial charge on any atom is 0.246 e. The lowest BCUT2D eigenvalue weighted by Gasteiger charge is -2.16. The van der Waals surface area contributed by atoms with E-state index in [-0.39, 0.29) is 11.7 Å². The summed E-state index contributed by atoms with van der Waals surface area (Å²) in [4.78, 5) is 13.9. The first-order chi connectivity index (χ1) is 12.6. The summed E-state index contributed by atoms with van der Waals surface area (Å²) in [5, 5.41) is 2.17. The molecule has 0 aliphatic rings. The van der Waals surface area contributed by atoms with Gasteiger partial charge < -0.3 is 9.64 Å². The molecule has 132 valence electrons. The van der Waals surface area contributed by atoms with Crippen molar-refractivity contribution in [1.82, 2.24) is 4.90 Å². The number of carbonyl (C=O) groups excluding carboxylic acids is 1. The van der Waals surface area contributed by atoms with Gasteiger partial charge in [-0.15, -0.1) is 0 Å². The summed E-state index contributed by atoms with van der Waals surface area (Å²) in [6, 6.07) is 18.3. The van der Waals surface area contributed by atoms with Crippen LogP contribution in [0.15, 0.2) is 66.7 Å². The molecule has 0 aliphatic heterocycles. The number of ether oxygens (including phenoxy) is 1. The number of benzene rings is 3. The van der Waals surface area contributed by atoms with E-state index in [0.717, 1.165) is 22.1 Å².